The number of nitrogen functional groups attached to an aromatic ring is 1. The molecule has 0 aliphatic heterocycles. The van der Waals surface area contributed by atoms with Gasteiger partial charge in [-0.1, -0.05) is 20.3 Å². The first-order valence-electron chi connectivity index (χ1n) is 7.35. The lowest BCUT2D eigenvalue weighted by Crippen LogP contribution is -2.35. The lowest BCUT2D eigenvalue weighted by molar-refractivity contribution is -0.420. The summed E-state index contributed by atoms with van der Waals surface area (Å²) in [6, 6.07) is 7.41. The molecular formula is C16H20FN3O5. The molecule has 0 radical (unpaired) electrons. The van der Waals surface area contributed by atoms with E-state index in [0.29, 0.717) is 5.69 Å². The van der Waals surface area contributed by atoms with Crippen molar-refractivity contribution in [2.24, 2.45) is 0 Å². The van der Waals surface area contributed by atoms with Crippen molar-refractivity contribution in [2.45, 2.75) is 26.4 Å². The number of benzene rings is 1. The Bertz CT molecular complexity index is 702. The average Bonchev–Trinajstić information content (AvgIpc) is 2.48. The monoisotopic (exact) mass is 353 g/mol. The van der Waals surface area contributed by atoms with Crippen LogP contribution in [0, 0.1) is 5.82 Å². The molecule has 1 amide bonds. The molecule has 0 fully saturated rings. The highest BCUT2D eigenvalue weighted by molar-refractivity contribution is 6.07. The standard InChI is InChI=1S/C13H12FN3O5.C3H8/c14-7-1-3-8(4-2-7)16-12(18)9-5-6-10(17-11(9)15)22-13(19,20)21;1-3-2/h1-6,19-21H,(H2,15,17)(H,16,18);3H2,1-2H3. The Morgan fingerprint density at radius 2 is 1.76 bits per heavy atom. The Morgan fingerprint density at radius 3 is 2.24 bits per heavy atom. The second kappa shape index (κ2) is 8.92. The van der Waals surface area contributed by atoms with Crippen LogP contribution in [-0.4, -0.2) is 32.4 Å². The van der Waals surface area contributed by atoms with E-state index >= 15 is 0 Å². The average molecular weight is 353 g/mol. The molecule has 0 spiro atoms. The molecule has 9 heteroatoms. The molecule has 1 aromatic heterocycles. The Morgan fingerprint density at radius 1 is 1.20 bits per heavy atom. The molecule has 2 aromatic rings. The highest BCUT2D eigenvalue weighted by atomic mass is 19.1. The molecule has 8 nitrogen and oxygen atoms in total. The van der Waals surface area contributed by atoms with E-state index < -0.39 is 23.8 Å². The van der Waals surface area contributed by atoms with E-state index in [1.807, 2.05) is 0 Å². The van der Waals surface area contributed by atoms with Gasteiger partial charge in [-0.3, -0.25) is 4.79 Å². The molecule has 0 saturated heterocycles. The summed E-state index contributed by atoms with van der Waals surface area (Å²) in [5, 5.41) is 28.4. The lowest BCUT2D eigenvalue weighted by Gasteiger charge is -2.15. The van der Waals surface area contributed by atoms with Crippen molar-refractivity contribution in [2.75, 3.05) is 11.1 Å². The summed E-state index contributed by atoms with van der Waals surface area (Å²) in [7, 11) is 0. The number of nitrogens with two attached hydrogens (primary N) is 1. The van der Waals surface area contributed by atoms with Crippen molar-refractivity contribution in [1.29, 1.82) is 0 Å². The van der Waals surface area contributed by atoms with Crippen LogP contribution < -0.4 is 15.8 Å². The van der Waals surface area contributed by atoms with Crippen LogP contribution in [-0.2, 0) is 0 Å². The molecule has 0 atom stereocenters. The highest BCUT2D eigenvalue weighted by Crippen LogP contribution is 2.19. The largest absolute Gasteiger partial charge is 0.454 e. The number of carbonyl (C=O) groups is 1. The number of hydrogen-bond acceptors (Lipinski definition) is 7. The second-order valence-corrected chi connectivity index (χ2v) is 4.93. The van der Waals surface area contributed by atoms with Crippen molar-refractivity contribution in [1.82, 2.24) is 4.98 Å². The van der Waals surface area contributed by atoms with E-state index in [1.54, 1.807) is 0 Å². The van der Waals surface area contributed by atoms with Crippen LogP contribution in [0.15, 0.2) is 36.4 Å². The van der Waals surface area contributed by atoms with Crippen molar-refractivity contribution < 1.29 is 29.2 Å². The summed E-state index contributed by atoms with van der Waals surface area (Å²) >= 11 is 0. The van der Waals surface area contributed by atoms with Gasteiger partial charge in [-0.2, -0.15) is 4.98 Å². The van der Waals surface area contributed by atoms with Gasteiger partial charge in [0.05, 0.1) is 5.56 Å². The number of aliphatic hydroxyl groups is 3. The third kappa shape index (κ3) is 7.12. The van der Waals surface area contributed by atoms with Gasteiger partial charge in [-0.05, 0) is 30.3 Å². The lowest BCUT2D eigenvalue weighted by atomic mass is 10.2. The van der Waals surface area contributed by atoms with Gasteiger partial charge in [0, 0.05) is 11.8 Å². The Balaban J connectivity index is 0.000000970. The zero-order chi connectivity index (χ0) is 19.0. The fourth-order valence-corrected chi connectivity index (χ4v) is 1.58. The van der Waals surface area contributed by atoms with E-state index in [-0.39, 0.29) is 11.4 Å². The van der Waals surface area contributed by atoms with E-state index in [1.165, 1.54) is 36.8 Å². The molecule has 0 aliphatic carbocycles. The van der Waals surface area contributed by atoms with Gasteiger partial charge >= 0.3 is 6.16 Å². The number of carbonyl (C=O) groups excluding carboxylic acids is 1. The molecule has 0 aliphatic rings. The first kappa shape index (κ1) is 20.3. The number of anilines is 2. The number of hydrogen-bond donors (Lipinski definition) is 5. The van der Waals surface area contributed by atoms with Gasteiger partial charge in [0.15, 0.2) is 0 Å². The quantitative estimate of drug-likeness (QED) is 0.524. The molecule has 6 N–H and O–H groups in total. The zero-order valence-electron chi connectivity index (χ0n) is 13.7. The molecule has 0 saturated carbocycles. The smallest absolute Gasteiger partial charge is 0.399 e. The summed E-state index contributed by atoms with van der Waals surface area (Å²) in [6.45, 7) is 4.25. The van der Waals surface area contributed by atoms with Crippen molar-refractivity contribution in [3.05, 3.63) is 47.8 Å². The minimum atomic E-state index is -3.41. The minimum Gasteiger partial charge on any atom is -0.399 e. The van der Waals surface area contributed by atoms with Crippen LogP contribution >= 0.6 is 0 Å². The van der Waals surface area contributed by atoms with Crippen LogP contribution in [0.3, 0.4) is 0 Å². The predicted octanol–water partition coefficient (Wildman–Crippen LogP) is 1.44. The number of amides is 1. The van der Waals surface area contributed by atoms with Crippen LogP contribution in [0.25, 0.3) is 0 Å². The van der Waals surface area contributed by atoms with Crippen molar-refractivity contribution in [3.63, 3.8) is 0 Å². The maximum Gasteiger partial charge on any atom is 0.454 e. The van der Waals surface area contributed by atoms with Gasteiger partial charge in [0.1, 0.15) is 11.6 Å². The Labute approximate surface area is 143 Å². The molecule has 25 heavy (non-hydrogen) atoms. The van der Waals surface area contributed by atoms with Crippen molar-refractivity contribution >= 4 is 17.4 Å². The number of nitrogens with zero attached hydrogens (tertiary/aromatic N) is 1. The van der Waals surface area contributed by atoms with Gasteiger partial charge in [0.2, 0.25) is 5.88 Å². The molecule has 0 bridgehead atoms. The topological polar surface area (TPSA) is 138 Å². The molecule has 136 valence electrons. The third-order valence-corrected chi connectivity index (χ3v) is 2.49. The van der Waals surface area contributed by atoms with Gasteiger partial charge in [0.25, 0.3) is 5.91 Å². The van der Waals surface area contributed by atoms with E-state index in [0.717, 1.165) is 6.07 Å². The highest BCUT2D eigenvalue weighted by Gasteiger charge is 2.22. The summed E-state index contributed by atoms with van der Waals surface area (Å²) in [5.41, 5.74) is 5.90. The second-order valence-electron chi connectivity index (χ2n) is 4.93. The van der Waals surface area contributed by atoms with Gasteiger partial charge in [-0.25, -0.2) is 4.39 Å². The summed E-state index contributed by atoms with van der Waals surface area (Å²) in [5.74, 6) is -1.71. The van der Waals surface area contributed by atoms with Gasteiger partial charge < -0.3 is 31.1 Å². The third-order valence-electron chi connectivity index (χ3n) is 2.49. The van der Waals surface area contributed by atoms with E-state index in [2.05, 4.69) is 28.9 Å². The van der Waals surface area contributed by atoms with Crippen LogP contribution in [0.4, 0.5) is 15.9 Å². The number of nitrogens with one attached hydrogen (secondary N) is 1. The van der Waals surface area contributed by atoms with Gasteiger partial charge in [-0.15, -0.1) is 0 Å². The summed E-state index contributed by atoms with van der Waals surface area (Å²) in [4.78, 5) is 15.6. The van der Waals surface area contributed by atoms with Crippen molar-refractivity contribution in [3.8, 4) is 5.88 Å². The molecule has 1 heterocycles. The maximum absolute atomic E-state index is 12.8. The minimum absolute atomic E-state index is 0.0175. The van der Waals surface area contributed by atoms with E-state index in [9.17, 15) is 9.18 Å². The normalized spacial score (nSPS) is 10.5. The SMILES string of the molecule is CCC.Nc1nc(OC(O)(O)O)ccc1C(=O)Nc1ccc(F)cc1. The maximum atomic E-state index is 12.8. The first-order valence-corrected chi connectivity index (χ1v) is 7.35. The zero-order valence-corrected chi connectivity index (χ0v) is 13.7. The molecule has 1 aromatic carbocycles. The van der Waals surface area contributed by atoms with Crippen LogP contribution in [0.1, 0.15) is 30.6 Å². The molecule has 0 unspecified atom stereocenters. The predicted molar refractivity (Wildman–Crippen MR) is 89.0 cm³/mol. The number of halogens is 1. The fourth-order valence-electron chi connectivity index (χ4n) is 1.58. The fraction of sp³-hybridized carbons (Fsp3) is 0.250. The molecule has 2 rings (SSSR count). The number of ether oxygens (including phenoxy) is 1. The Hall–Kier alpha value is -2.75. The van der Waals surface area contributed by atoms with Crippen LogP contribution in [0.2, 0.25) is 0 Å². The summed E-state index contributed by atoms with van der Waals surface area (Å²) < 4.78 is 17.0. The number of pyridine rings is 1. The molecular weight excluding hydrogens is 333 g/mol. The van der Waals surface area contributed by atoms with Crippen LogP contribution in [0.5, 0.6) is 5.88 Å². The Kier molecular flexibility index (Phi) is 7.24. The number of aromatic nitrogens is 1. The first-order chi connectivity index (χ1) is 11.7. The number of rotatable bonds is 4. The van der Waals surface area contributed by atoms with E-state index in [4.69, 9.17) is 21.1 Å². The summed E-state index contributed by atoms with van der Waals surface area (Å²) in [6.07, 6.45) is -2.16.